The molecule has 148 valence electrons. The number of piperidine rings is 1. The number of amides is 1. The van der Waals surface area contributed by atoms with Crippen LogP contribution in [0.25, 0.3) is 0 Å². The number of hydrogen-bond acceptors (Lipinski definition) is 5. The molecular formula is C20H30N4O3. The summed E-state index contributed by atoms with van der Waals surface area (Å²) in [6.07, 6.45) is 4.73. The third-order valence-corrected chi connectivity index (χ3v) is 5.52. The Kier molecular flexibility index (Phi) is 6.31. The van der Waals surface area contributed by atoms with Gasteiger partial charge in [-0.25, -0.2) is 0 Å². The fourth-order valence-electron chi connectivity index (χ4n) is 4.11. The average molecular weight is 374 g/mol. The lowest BCUT2D eigenvalue weighted by atomic mass is 9.95. The summed E-state index contributed by atoms with van der Waals surface area (Å²) >= 11 is 0. The van der Waals surface area contributed by atoms with Crippen molar-refractivity contribution in [1.29, 1.82) is 0 Å². The molecule has 1 N–H and O–H groups in total. The Morgan fingerprint density at radius 2 is 1.89 bits per heavy atom. The monoisotopic (exact) mass is 374 g/mol. The molecule has 1 amide bonds. The molecule has 0 aromatic heterocycles. The molecule has 2 aliphatic rings. The van der Waals surface area contributed by atoms with Gasteiger partial charge >= 0.3 is 0 Å². The van der Waals surface area contributed by atoms with Gasteiger partial charge in [-0.05, 0) is 70.7 Å². The van der Waals surface area contributed by atoms with Gasteiger partial charge in [-0.3, -0.25) is 14.9 Å². The van der Waals surface area contributed by atoms with Crippen LogP contribution in [0, 0.1) is 16.0 Å². The lowest BCUT2D eigenvalue weighted by Crippen LogP contribution is -2.38. The first-order valence-electron chi connectivity index (χ1n) is 10.0. The molecule has 2 aliphatic heterocycles. The van der Waals surface area contributed by atoms with Crippen molar-refractivity contribution >= 4 is 17.3 Å². The molecule has 0 bridgehead atoms. The summed E-state index contributed by atoms with van der Waals surface area (Å²) in [4.78, 5) is 28.0. The molecule has 2 saturated heterocycles. The number of nitrogens with zero attached hydrogens (tertiary/aromatic N) is 3. The molecule has 2 heterocycles. The molecule has 7 nitrogen and oxygen atoms in total. The van der Waals surface area contributed by atoms with E-state index in [2.05, 4.69) is 15.1 Å². The van der Waals surface area contributed by atoms with Crippen molar-refractivity contribution in [3.8, 4) is 0 Å². The standard InChI is InChI=1S/C20H30N4O3/c1-15(2)21-20(25)17-5-6-18(19(13-17)24(26)27)23-11-7-16(8-12-23)14-22-9-3-4-10-22/h5-6,13,15-16H,3-4,7-12,14H2,1-2H3,(H,21,25). The highest BCUT2D eigenvalue weighted by Gasteiger charge is 2.27. The minimum Gasteiger partial charge on any atom is -0.366 e. The van der Waals surface area contributed by atoms with Crippen LogP contribution < -0.4 is 10.2 Å². The number of likely N-dealkylation sites (tertiary alicyclic amines) is 1. The average Bonchev–Trinajstić information content (AvgIpc) is 3.14. The SMILES string of the molecule is CC(C)NC(=O)c1ccc(N2CCC(CN3CCCC3)CC2)c([N+](=O)[O-])c1. The van der Waals surface area contributed by atoms with E-state index >= 15 is 0 Å². The lowest BCUT2D eigenvalue weighted by molar-refractivity contribution is -0.384. The Hall–Kier alpha value is -2.15. The summed E-state index contributed by atoms with van der Waals surface area (Å²) in [5, 5.41) is 14.4. The minimum absolute atomic E-state index is 0.00846. The molecule has 0 unspecified atom stereocenters. The van der Waals surface area contributed by atoms with Crippen LogP contribution in [-0.4, -0.2) is 54.5 Å². The maximum atomic E-state index is 12.2. The van der Waals surface area contributed by atoms with Gasteiger partial charge in [0.1, 0.15) is 5.69 Å². The molecule has 1 aromatic carbocycles. The smallest absolute Gasteiger partial charge is 0.293 e. The number of nitrogens with one attached hydrogen (secondary N) is 1. The summed E-state index contributed by atoms with van der Waals surface area (Å²) < 4.78 is 0. The maximum Gasteiger partial charge on any atom is 0.293 e. The van der Waals surface area contributed by atoms with Gasteiger partial charge in [0.05, 0.1) is 4.92 Å². The van der Waals surface area contributed by atoms with Crippen LogP contribution in [0.3, 0.4) is 0 Å². The van der Waals surface area contributed by atoms with E-state index in [1.807, 2.05) is 13.8 Å². The third-order valence-electron chi connectivity index (χ3n) is 5.52. The number of rotatable bonds is 6. The summed E-state index contributed by atoms with van der Waals surface area (Å²) in [7, 11) is 0. The Bertz CT molecular complexity index is 678. The second kappa shape index (κ2) is 8.69. The van der Waals surface area contributed by atoms with E-state index < -0.39 is 0 Å². The van der Waals surface area contributed by atoms with Gasteiger partial charge in [-0.1, -0.05) is 0 Å². The zero-order valence-electron chi connectivity index (χ0n) is 16.3. The minimum atomic E-state index is -0.377. The molecule has 0 atom stereocenters. The summed E-state index contributed by atoms with van der Waals surface area (Å²) in [5.41, 5.74) is 0.980. The highest BCUT2D eigenvalue weighted by Crippen LogP contribution is 2.33. The lowest BCUT2D eigenvalue weighted by Gasteiger charge is -2.35. The van der Waals surface area contributed by atoms with Crippen LogP contribution in [0.5, 0.6) is 0 Å². The molecule has 2 fully saturated rings. The summed E-state index contributed by atoms with van der Waals surface area (Å²) in [5.74, 6) is 0.401. The normalized spacial score (nSPS) is 18.9. The molecule has 7 heteroatoms. The van der Waals surface area contributed by atoms with Crippen LogP contribution >= 0.6 is 0 Å². The van der Waals surface area contributed by atoms with Crippen LogP contribution in [0.4, 0.5) is 11.4 Å². The van der Waals surface area contributed by atoms with Crippen molar-refractivity contribution in [2.24, 2.45) is 5.92 Å². The number of carbonyl (C=O) groups is 1. The number of benzene rings is 1. The fourth-order valence-corrected chi connectivity index (χ4v) is 4.11. The second-order valence-corrected chi connectivity index (χ2v) is 8.03. The van der Waals surface area contributed by atoms with Crippen LogP contribution in [0.2, 0.25) is 0 Å². The fraction of sp³-hybridized carbons (Fsp3) is 0.650. The Morgan fingerprint density at radius 3 is 2.48 bits per heavy atom. The summed E-state index contributed by atoms with van der Waals surface area (Å²) in [6, 6.07) is 4.82. The van der Waals surface area contributed by atoms with E-state index in [-0.39, 0.29) is 22.6 Å². The first-order valence-corrected chi connectivity index (χ1v) is 10.0. The van der Waals surface area contributed by atoms with Crippen LogP contribution in [0.15, 0.2) is 18.2 Å². The largest absolute Gasteiger partial charge is 0.366 e. The summed E-state index contributed by atoms with van der Waals surface area (Å²) in [6.45, 7) is 8.98. The predicted octanol–water partition coefficient (Wildman–Crippen LogP) is 3.05. The molecule has 0 saturated carbocycles. The van der Waals surface area contributed by atoms with Gasteiger partial charge in [0.15, 0.2) is 0 Å². The second-order valence-electron chi connectivity index (χ2n) is 8.03. The first-order chi connectivity index (χ1) is 12.9. The number of nitro benzene ring substituents is 1. The third kappa shape index (κ3) is 4.97. The Balaban J connectivity index is 1.67. The van der Waals surface area contributed by atoms with Crippen LogP contribution in [-0.2, 0) is 0 Å². The van der Waals surface area contributed by atoms with Gasteiger partial charge in [0, 0.05) is 37.3 Å². The molecule has 27 heavy (non-hydrogen) atoms. The molecule has 0 aliphatic carbocycles. The van der Waals surface area contributed by atoms with Crippen molar-refractivity contribution in [2.75, 3.05) is 37.6 Å². The van der Waals surface area contributed by atoms with E-state index in [1.165, 1.54) is 32.0 Å². The zero-order valence-corrected chi connectivity index (χ0v) is 16.3. The number of nitro groups is 1. The quantitative estimate of drug-likeness (QED) is 0.612. The number of hydrogen-bond donors (Lipinski definition) is 1. The van der Waals surface area contributed by atoms with Gasteiger partial charge in [0.2, 0.25) is 0 Å². The Labute approximate surface area is 160 Å². The zero-order chi connectivity index (χ0) is 19.4. The van der Waals surface area contributed by atoms with Crippen molar-refractivity contribution in [1.82, 2.24) is 10.2 Å². The predicted molar refractivity (Wildman–Crippen MR) is 106 cm³/mol. The molecule has 0 radical (unpaired) electrons. The molecular weight excluding hydrogens is 344 g/mol. The highest BCUT2D eigenvalue weighted by atomic mass is 16.6. The van der Waals surface area contributed by atoms with Crippen LogP contribution in [0.1, 0.15) is 49.9 Å². The number of anilines is 1. The molecule has 0 spiro atoms. The van der Waals surface area contributed by atoms with Crippen molar-refractivity contribution in [3.05, 3.63) is 33.9 Å². The van der Waals surface area contributed by atoms with Gasteiger partial charge < -0.3 is 15.1 Å². The van der Waals surface area contributed by atoms with E-state index in [9.17, 15) is 14.9 Å². The maximum absolute atomic E-state index is 12.2. The van der Waals surface area contributed by atoms with E-state index in [1.54, 1.807) is 12.1 Å². The van der Waals surface area contributed by atoms with E-state index in [0.717, 1.165) is 32.5 Å². The molecule has 1 aromatic rings. The van der Waals surface area contributed by atoms with E-state index in [4.69, 9.17) is 0 Å². The van der Waals surface area contributed by atoms with Gasteiger partial charge in [0.25, 0.3) is 11.6 Å². The van der Waals surface area contributed by atoms with Crippen molar-refractivity contribution in [2.45, 2.75) is 45.6 Å². The van der Waals surface area contributed by atoms with Crippen molar-refractivity contribution in [3.63, 3.8) is 0 Å². The Morgan fingerprint density at radius 1 is 1.22 bits per heavy atom. The highest BCUT2D eigenvalue weighted by molar-refractivity contribution is 5.96. The first kappa shape index (κ1) is 19.6. The van der Waals surface area contributed by atoms with Gasteiger partial charge in [-0.15, -0.1) is 0 Å². The molecule has 3 rings (SSSR count). The van der Waals surface area contributed by atoms with Gasteiger partial charge in [-0.2, -0.15) is 0 Å². The topological polar surface area (TPSA) is 78.7 Å². The number of carbonyl (C=O) groups excluding carboxylic acids is 1. The van der Waals surface area contributed by atoms with Crippen molar-refractivity contribution < 1.29 is 9.72 Å². The van der Waals surface area contributed by atoms with E-state index in [0.29, 0.717) is 17.2 Å².